The first-order valence-electron chi connectivity index (χ1n) is 13.3. The Morgan fingerprint density at radius 2 is 1.85 bits per heavy atom. The number of H-pyrrole nitrogens is 1. The van der Waals surface area contributed by atoms with Crippen LogP contribution in [-0.2, 0) is 17.8 Å². The molecule has 3 aromatic rings. The fraction of sp³-hybridized carbons (Fsp3) is 0.483. The number of aromatic nitrogens is 2. The first-order chi connectivity index (χ1) is 18.8. The molecule has 0 aliphatic heterocycles. The number of nitrogens with zero attached hydrogens (tertiary/aromatic N) is 1. The van der Waals surface area contributed by atoms with Crippen molar-refractivity contribution in [3.05, 3.63) is 56.8 Å². The number of imidazole rings is 1. The molecular formula is C29H34Cl2F2N4O3. The van der Waals surface area contributed by atoms with Crippen molar-refractivity contribution in [2.75, 3.05) is 0 Å². The second kappa shape index (κ2) is 12.3. The molecule has 4 rings (SSSR count). The SMILES string of the molecule is CC1CCC(NC(=O)c2cc3[nH]c(Cc4c(Cl)ccc(CNC(=O)C(C)(C)C)c4Cl)nc3cc2OC(F)F)CC1. The summed E-state index contributed by atoms with van der Waals surface area (Å²) in [7, 11) is 0. The highest BCUT2D eigenvalue weighted by atomic mass is 35.5. The molecule has 2 amide bonds. The molecule has 3 N–H and O–H groups in total. The van der Waals surface area contributed by atoms with E-state index in [1.54, 1.807) is 12.1 Å². The first kappa shape index (κ1) is 30.1. The zero-order valence-corrected chi connectivity index (χ0v) is 24.5. The van der Waals surface area contributed by atoms with Crippen LogP contribution in [0.25, 0.3) is 11.0 Å². The van der Waals surface area contributed by atoms with Gasteiger partial charge < -0.3 is 20.4 Å². The average Bonchev–Trinajstić information content (AvgIpc) is 3.27. The van der Waals surface area contributed by atoms with Gasteiger partial charge in [0.2, 0.25) is 5.91 Å². The maximum atomic E-state index is 13.2. The third-order valence-electron chi connectivity index (χ3n) is 7.17. The Bertz CT molecular complexity index is 1400. The van der Waals surface area contributed by atoms with Crippen LogP contribution in [0.1, 0.15) is 80.7 Å². The van der Waals surface area contributed by atoms with Gasteiger partial charge in [0.1, 0.15) is 11.6 Å². The van der Waals surface area contributed by atoms with Crippen LogP contribution in [0, 0.1) is 11.3 Å². The van der Waals surface area contributed by atoms with Crippen molar-refractivity contribution in [3.8, 4) is 5.75 Å². The number of ether oxygens (including phenoxy) is 1. The quantitative estimate of drug-likeness (QED) is 0.261. The van der Waals surface area contributed by atoms with Gasteiger partial charge in [0.05, 0.1) is 21.6 Å². The minimum absolute atomic E-state index is 0.00859. The third kappa shape index (κ3) is 7.23. The number of halogens is 4. The number of aromatic amines is 1. The molecule has 1 aliphatic rings. The average molecular weight is 596 g/mol. The lowest BCUT2D eigenvalue weighted by molar-refractivity contribution is -0.128. The lowest BCUT2D eigenvalue weighted by Crippen LogP contribution is -2.37. The number of benzene rings is 2. The summed E-state index contributed by atoms with van der Waals surface area (Å²) in [6.07, 6.45) is 3.90. The summed E-state index contributed by atoms with van der Waals surface area (Å²) in [5, 5.41) is 6.66. The molecule has 216 valence electrons. The molecule has 2 aromatic carbocycles. The van der Waals surface area contributed by atoms with Gasteiger partial charge >= 0.3 is 6.61 Å². The van der Waals surface area contributed by atoms with Crippen molar-refractivity contribution < 1.29 is 23.1 Å². The molecule has 0 bridgehead atoms. The van der Waals surface area contributed by atoms with Gasteiger partial charge in [0.25, 0.3) is 5.91 Å². The van der Waals surface area contributed by atoms with Crippen LogP contribution in [0.4, 0.5) is 8.78 Å². The summed E-state index contributed by atoms with van der Waals surface area (Å²) in [4.78, 5) is 33.1. The van der Waals surface area contributed by atoms with Gasteiger partial charge in [-0.2, -0.15) is 8.78 Å². The van der Waals surface area contributed by atoms with Crippen LogP contribution in [0.5, 0.6) is 5.75 Å². The lowest BCUT2D eigenvalue weighted by atomic mass is 9.87. The van der Waals surface area contributed by atoms with Crippen molar-refractivity contribution in [2.45, 2.75) is 79.0 Å². The summed E-state index contributed by atoms with van der Waals surface area (Å²) >= 11 is 13.1. The van der Waals surface area contributed by atoms with E-state index in [0.717, 1.165) is 25.7 Å². The van der Waals surface area contributed by atoms with Crippen LogP contribution < -0.4 is 15.4 Å². The van der Waals surface area contributed by atoms with Crippen molar-refractivity contribution in [1.82, 2.24) is 20.6 Å². The van der Waals surface area contributed by atoms with E-state index in [9.17, 15) is 18.4 Å². The molecule has 1 aromatic heterocycles. The predicted octanol–water partition coefficient (Wildman–Crippen LogP) is 7.03. The highest BCUT2D eigenvalue weighted by Crippen LogP contribution is 2.32. The summed E-state index contributed by atoms with van der Waals surface area (Å²) in [5.41, 5.74) is 1.59. The molecular weight excluding hydrogens is 561 g/mol. The Morgan fingerprint density at radius 1 is 1.15 bits per heavy atom. The Morgan fingerprint density at radius 3 is 2.50 bits per heavy atom. The van der Waals surface area contributed by atoms with Crippen LogP contribution in [0.15, 0.2) is 24.3 Å². The fourth-order valence-corrected chi connectivity index (χ4v) is 5.34. The van der Waals surface area contributed by atoms with Crippen LogP contribution in [-0.4, -0.2) is 34.4 Å². The number of rotatable bonds is 8. The minimum atomic E-state index is -3.10. The normalized spacial score (nSPS) is 17.7. The molecule has 0 spiro atoms. The Hall–Kier alpha value is -2.91. The van der Waals surface area contributed by atoms with Crippen LogP contribution in [0.2, 0.25) is 10.0 Å². The summed E-state index contributed by atoms with van der Waals surface area (Å²) in [5.74, 6) is 0.253. The van der Waals surface area contributed by atoms with E-state index in [1.807, 2.05) is 20.8 Å². The Balaban J connectivity index is 1.59. The van der Waals surface area contributed by atoms with E-state index in [1.165, 1.54) is 12.1 Å². The molecule has 0 saturated heterocycles. The van der Waals surface area contributed by atoms with Gasteiger partial charge in [0, 0.05) is 35.5 Å². The maximum absolute atomic E-state index is 13.2. The second-order valence-corrected chi connectivity index (χ2v) is 12.3. The van der Waals surface area contributed by atoms with Crippen molar-refractivity contribution >= 4 is 46.0 Å². The maximum Gasteiger partial charge on any atom is 0.387 e. The fourth-order valence-electron chi connectivity index (χ4n) is 4.77. The van der Waals surface area contributed by atoms with E-state index < -0.39 is 17.9 Å². The molecule has 0 radical (unpaired) electrons. The highest BCUT2D eigenvalue weighted by Gasteiger charge is 2.25. The minimum Gasteiger partial charge on any atom is -0.434 e. The summed E-state index contributed by atoms with van der Waals surface area (Å²) in [6, 6.07) is 6.25. The molecule has 40 heavy (non-hydrogen) atoms. The highest BCUT2D eigenvalue weighted by molar-refractivity contribution is 6.36. The number of hydrogen-bond acceptors (Lipinski definition) is 4. The number of amides is 2. The predicted molar refractivity (Wildman–Crippen MR) is 152 cm³/mol. The molecule has 7 nitrogen and oxygen atoms in total. The van der Waals surface area contributed by atoms with Gasteiger partial charge in [0.15, 0.2) is 0 Å². The molecule has 11 heteroatoms. The number of carbonyl (C=O) groups is 2. The summed E-state index contributed by atoms with van der Waals surface area (Å²) < 4.78 is 31.2. The number of alkyl halides is 2. The zero-order valence-electron chi connectivity index (χ0n) is 23.0. The third-order valence-corrected chi connectivity index (χ3v) is 8.00. The van der Waals surface area contributed by atoms with E-state index in [4.69, 9.17) is 27.9 Å². The zero-order chi connectivity index (χ0) is 29.2. The van der Waals surface area contributed by atoms with Crippen molar-refractivity contribution in [1.29, 1.82) is 0 Å². The van der Waals surface area contributed by atoms with Gasteiger partial charge in [-0.25, -0.2) is 4.98 Å². The molecule has 1 fully saturated rings. The number of fused-ring (bicyclic) bond motifs is 1. The topological polar surface area (TPSA) is 96.1 Å². The Kier molecular flexibility index (Phi) is 9.25. The molecule has 0 unspecified atom stereocenters. The van der Waals surface area contributed by atoms with E-state index in [-0.39, 0.29) is 36.2 Å². The van der Waals surface area contributed by atoms with E-state index in [2.05, 4.69) is 27.5 Å². The Labute approximate surface area is 242 Å². The molecule has 1 heterocycles. The van der Waals surface area contributed by atoms with Gasteiger partial charge in [-0.1, -0.05) is 57.0 Å². The number of carbonyl (C=O) groups excluding carboxylic acids is 2. The molecule has 0 atom stereocenters. The van der Waals surface area contributed by atoms with E-state index in [0.29, 0.717) is 43.9 Å². The van der Waals surface area contributed by atoms with Gasteiger partial charge in [-0.3, -0.25) is 9.59 Å². The molecule has 1 saturated carbocycles. The van der Waals surface area contributed by atoms with Gasteiger partial charge in [-0.05, 0) is 54.9 Å². The first-order valence-corrected chi connectivity index (χ1v) is 14.1. The lowest BCUT2D eigenvalue weighted by Gasteiger charge is -2.27. The standard InChI is InChI=1S/C29H34Cl2F2N4O3/c1-15-5-8-17(9-6-15)35-26(38)19-11-21-22(13-23(19)40-28(32)33)37-24(36-21)12-18-20(30)10-7-16(25(18)31)14-34-27(39)29(2,3)4/h7,10-11,13,15,17,28H,5-6,8-9,12,14H2,1-4H3,(H,34,39)(H,35,38)(H,36,37). The number of nitrogens with one attached hydrogen (secondary N) is 3. The van der Waals surface area contributed by atoms with E-state index >= 15 is 0 Å². The second-order valence-electron chi connectivity index (χ2n) is 11.5. The molecule has 1 aliphatic carbocycles. The number of hydrogen-bond donors (Lipinski definition) is 3. The van der Waals surface area contributed by atoms with Crippen LogP contribution >= 0.6 is 23.2 Å². The monoisotopic (exact) mass is 594 g/mol. The van der Waals surface area contributed by atoms with Gasteiger partial charge in [-0.15, -0.1) is 0 Å². The smallest absolute Gasteiger partial charge is 0.387 e. The van der Waals surface area contributed by atoms with Crippen LogP contribution in [0.3, 0.4) is 0 Å². The van der Waals surface area contributed by atoms with Crippen molar-refractivity contribution in [3.63, 3.8) is 0 Å². The summed E-state index contributed by atoms with van der Waals surface area (Å²) in [6.45, 7) is 4.77. The largest absolute Gasteiger partial charge is 0.434 e. The van der Waals surface area contributed by atoms with Crippen molar-refractivity contribution in [2.24, 2.45) is 11.3 Å².